The van der Waals surface area contributed by atoms with E-state index in [1.165, 1.54) is 0 Å². The highest BCUT2D eigenvalue weighted by molar-refractivity contribution is 5.93. The van der Waals surface area contributed by atoms with Gasteiger partial charge in [-0.3, -0.25) is 9.59 Å². The molecule has 0 spiro atoms. The molecule has 1 aromatic rings. The summed E-state index contributed by atoms with van der Waals surface area (Å²) in [5, 5.41) is 2.76. The minimum Gasteiger partial charge on any atom is -0.456 e. The van der Waals surface area contributed by atoms with E-state index in [1.54, 1.807) is 0 Å². The Hall–Kier alpha value is -2.10. The molecular formula is C17H21NO3. The van der Waals surface area contributed by atoms with Crippen molar-refractivity contribution in [2.45, 2.75) is 33.1 Å². The van der Waals surface area contributed by atoms with Crippen molar-refractivity contribution in [1.82, 2.24) is 0 Å². The Morgan fingerprint density at radius 2 is 2.14 bits per heavy atom. The molecule has 21 heavy (non-hydrogen) atoms. The molecule has 112 valence electrons. The maximum absolute atomic E-state index is 11.8. The van der Waals surface area contributed by atoms with E-state index < -0.39 is 0 Å². The molecule has 0 aliphatic heterocycles. The first kappa shape index (κ1) is 15.3. The predicted octanol–water partition coefficient (Wildman–Crippen LogP) is 3.14. The number of carbonyl (C=O) groups is 2. The van der Waals surface area contributed by atoms with Gasteiger partial charge in [-0.2, -0.15) is 0 Å². The molecule has 0 bridgehead atoms. The third-order valence-corrected chi connectivity index (χ3v) is 3.56. The Bertz CT molecular complexity index is 563. The van der Waals surface area contributed by atoms with Crippen LogP contribution in [0.5, 0.6) is 0 Å². The van der Waals surface area contributed by atoms with E-state index >= 15 is 0 Å². The molecular weight excluding hydrogens is 266 g/mol. The number of anilines is 1. The van der Waals surface area contributed by atoms with Crippen molar-refractivity contribution in [1.29, 1.82) is 0 Å². The van der Waals surface area contributed by atoms with Crippen LogP contribution in [-0.4, -0.2) is 18.5 Å². The maximum atomic E-state index is 11.8. The van der Waals surface area contributed by atoms with E-state index in [1.807, 2.05) is 38.1 Å². The standard InChI is InChI=1S/C17H21NO3/c1-12-7-8-15(13(2)9-12)18-16(19)11-21-17(20)10-14-5-3-4-6-14/h3,5,7-9,14H,4,6,10-11H2,1-2H3,(H,18,19)/t14-/m0/s1. The van der Waals surface area contributed by atoms with Crippen LogP contribution in [0.15, 0.2) is 30.4 Å². The molecule has 1 atom stereocenters. The van der Waals surface area contributed by atoms with Crippen molar-refractivity contribution in [3.05, 3.63) is 41.5 Å². The van der Waals surface area contributed by atoms with Gasteiger partial charge in [0, 0.05) is 5.69 Å². The van der Waals surface area contributed by atoms with Crippen LogP contribution in [0.1, 0.15) is 30.4 Å². The zero-order valence-electron chi connectivity index (χ0n) is 12.5. The summed E-state index contributed by atoms with van der Waals surface area (Å²) >= 11 is 0. The van der Waals surface area contributed by atoms with Gasteiger partial charge in [-0.1, -0.05) is 29.8 Å². The molecule has 2 rings (SSSR count). The molecule has 0 aromatic heterocycles. The molecule has 4 heteroatoms. The maximum Gasteiger partial charge on any atom is 0.306 e. The van der Waals surface area contributed by atoms with E-state index in [4.69, 9.17) is 4.74 Å². The quantitative estimate of drug-likeness (QED) is 0.668. The summed E-state index contributed by atoms with van der Waals surface area (Å²) in [6, 6.07) is 5.78. The third kappa shape index (κ3) is 4.74. The first-order valence-corrected chi connectivity index (χ1v) is 7.24. The van der Waals surface area contributed by atoms with Crippen LogP contribution in [0.3, 0.4) is 0 Å². The van der Waals surface area contributed by atoms with Gasteiger partial charge in [-0.15, -0.1) is 0 Å². The Labute approximate surface area is 125 Å². The molecule has 0 saturated carbocycles. The number of benzene rings is 1. The van der Waals surface area contributed by atoms with E-state index in [0.29, 0.717) is 6.42 Å². The van der Waals surface area contributed by atoms with Gasteiger partial charge < -0.3 is 10.1 Å². The number of rotatable bonds is 5. The van der Waals surface area contributed by atoms with Crippen LogP contribution in [-0.2, 0) is 14.3 Å². The SMILES string of the molecule is Cc1ccc(NC(=O)COC(=O)C[C@H]2C=CCC2)c(C)c1. The fourth-order valence-corrected chi connectivity index (χ4v) is 2.42. The van der Waals surface area contributed by atoms with Gasteiger partial charge in [0.1, 0.15) is 0 Å². The van der Waals surface area contributed by atoms with E-state index in [9.17, 15) is 9.59 Å². The molecule has 1 aromatic carbocycles. The molecule has 1 N–H and O–H groups in total. The zero-order chi connectivity index (χ0) is 15.2. The highest BCUT2D eigenvalue weighted by atomic mass is 16.5. The van der Waals surface area contributed by atoms with Crippen molar-refractivity contribution in [3.63, 3.8) is 0 Å². The number of carbonyl (C=O) groups excluding carboxylic acids is 2. The van der Waals surface area contributed by atoms with Gasteiger partial charge in [0.25, 0.3) is 5.91 Å². The Morgan fingerprint density at radius 3 is 2.81 bits per heavy atom. The first-order valence-electron chi connectivity index (χ1n) is 7.24. The Kier molecular flexibility index (Phi) is 5.14. The van der Waals surface area contributed by atoms with Gasteiger partial charge in [-0.25, -0.2) is 0 Å². The van der Waals surface area contributed by atoms with Crippen LogP contribution in [0.4, 0.5) is 5.69 Å². The molecule has 0 heterocycles. The van der Waals surface area contributed by atoms with Crippen LogP contribution in [0.2, 0.25) is 0 Å². The molecule has 0 radical (unpaired) electrons. The summed E-state index contributed by atoms with van der Waals surface area (Å²) < 4.78 is 5.02. The molecule has 1 amide bonds. The zero-order valence-corrected chi connectivity index (χ0v) is 12.5. The fourth-order valence-electron chi connectivity index (χ4n) is 2.42. The lowest BCUT2D eigenvalue weighted by atomic mass is 10.1. The van der Waals surface area contributed by atoms with Crippen molar-refractivity contribution in [3.8, 4) is 0 Å². The van der Waals surface area contributed by atoms with Gasteiger partial charge in [-0.05, 0) is 44.2 Å². The summed E-state index contributed by atoms with van der Waals surface area (Å²) in [6.07, 6.45) is 6.48. The Balaban J connectivity index is 1.76. The van der Waals surface area contributed by atoms with Gasteiger partial charge in [0.2, 0.25) is 0 Å². The van der Waals surface area contributed by atoms with Crippen LogP contribution in [0, 0.1) is 19.8 Å². The number of allylic oxidation sites excluding steroid dienone is 2. The van der Waals surface area contributed by atoms with Crippen molar-refractivity contribution < 1.29 is 14.3 Å². The van der Waals surface area contributed by atoms with E-state index in [2.05, 4.69) is 11.4 Å². The summed E-state index contributed by atoms with van der Waals surface area (Å²) in [5.74, 6) is -0.362. The second-order valence-electron chi connectivity index (χ2n) is 5.50. The first-order chi connectivity index (χ1) is 10.0. The lowest BCUT2D eigenvalue weighted by Gasteiger charge is -2.10. The largest absolute Gasteiger partial charge is 0.456 e. The van der Waals surface area contributed by atoms with Gasteiger partial charge >= 0.3 is 5.97 Å². The lowest BCUT2D eigenvalue weighted by molar-refractivity contribution is -0.147. The Morgan fingerprint density at radius 1 is 1.33 bits per heavy atom. The minimum absolute atomic E-state index is 0.234. The van der Waals surface area contributed by atoms with Crippen LogP contribution < -0.4 is 5.32 Å². The highest BCUT2D eigenvalue weighted by Crippen LogP contribution is 2.20. The second kappa shape index (κ2) is 7.07. The van der Waals surface area contributed by atoms with E-state index in [0.717, 1.165) is 29.7 Å². The normalized spacial score (nSPS) is 16.8. The third-order valence-electron chi connectivity index (χ3n) is 3.56. The number of esters is 1. The topological polar surface area (TPSA) is 55.4 Å². The minimum atomic E-state index is -0.317. The number of hydrogen-bond acceptors (Lipinski definition) is 3. The lowest BCUT2D eigenvalue weighted by Crippen LogP contribution is -2.22. The van der Waals surface area contributed by atoms with Gasteiger partial charge in [0.05, 0.1) is 6.42 Å². The molecule has 1 aliphatic rings. The summed E-state index contributed by atoms with van der Waals surface area (Å²) in [6.45, 7) is 3.70. The average Bonchev–Trinajstić information content (AvgIpc) is 2.92. The fraction of sp³-hybridized carbons (Fsp3) is 0.412. The smallest absolute Gasteiger partial charge is 0.306 e. The summed E-state index contributed by atoms with van der Waals surface area (Å²) in [7, 11) is 0. The van der Waals surface area contributed by atoms with Crippen molar-refractivity contribution >= 4 is 17.6 Å². The molecule has 0 fully saturated rings. The molecule has 4 nitrogen and oxygen atoms in total. The second-order valence-corrected chi connectivity index (χ2v) is 5.50. The predicted molar refractivity (Wildman–Crippen MR) is 82.0 cm³/mol. The van der Waals surface area contributed by atoms with Crippen LogP contribution >= 0.6 is 0 Å². The molecule has 0 unspecified atom stereocenters. The molecule has 1 aliphatic carbocycles. The number of hydrogen-bond donors (Lipinski definition) is 1. The number of ether oxygens (including phenoxy) is 1. The number of amides is 1. The van der Waals surface area contributed by atoms with Crippen LogP contribution in [0.25, 0.3) is 0 Å². The number of nitrogens with one attached hydrogen (secondary N) is 1. The summed E-state index contributed by atoms with van der Waals surface area (Å²) in [5.41, 5.74) is 2.88. The highest BCUT2D eigenvalue weighted by Gasteiger charge is 2.16. The van der Waals surface area contributed by atoms with Crippen molar-refractivity contribution in [2.75, 3.05) is 11.9 Å². The molecule has 0 saturated heterocycles. The van der Waals surface area contributed by atoms with Gasteiger partial charge in [0.15, 0.2) is 6.61 Å². The average molecular weight is 287 g/mol. The number of aryl methyl sites for hydroxylation is 2. The van der Waals surface area contributed by atoms with Crippen molar-refractivity contribution in [2.24, 2.45) is 5.92 Å². The van der Waals surface area contributed by atoms with E-state index in [-0.39, 0.29) is 24.4 Å². The monoisotopic (exact) mass is 287 g/mol. The summed E-state index contributed by atoms with van der Waals surface area (Å²) in [4.78, 5) is 23.4.